The minimum atomic E-state index is 0.357. The van der Waals surface area contributed by atoms with Crippen molar-refractivity contribution in [2.75, 3.05) is 38.8 Å². The molecule has 0 aromatic carbocycles. The maximum atomic E-state index is 5.77. The van der Waals surface area contributed by atoms with Crippen molar-refractivity contribution in [2.24, 2.45) is 5.92 Å². The Morgan fingerprint density at radius 2 is 2.05 bits per heavy atom. The van der Waals surface area contributed by atoms with Crippen molar-refractivity contribution in [3.8, 4) is 5.88 Å². The molecule has 108 valence electrons. The number of hydrogen-bond acceptors (Lipinski definition) is 5. The number of nitrogen functional groups attached to an aromatic ring is 1. The number of methoxy groups -OCH3 is 1. The summed E-state index contributed by atoms with van der Waals surface area (Å²) in [6.45, 7) is 5.41. The highest BCUT2D eigenvalue weighted by Gasteiger charge is 2.13. The summed E-state index contributed by atoms with van der Waals surface area (Å²) in [5.41, 5.74) is 6.33. The van der Waals surface area contributed by atoms with E-state index in [1.54, 1.807) is 7.11 Å². The highest BCUT2D eigenvalue weighted by molar-refractivity contribution is 5.53. The molecule has 0 bridgehead atoms. The van der Waals surface area contributed by atoms with Gasteiger partial charge in [0.25, 0.3) is 0 Å². The van der Waals surface area contributed by atoms with Gasteiger partial charge >= 0.3 is 0 Å². The number of anilines is 2. The van der Waals surface area contributed by atoms with Crippen LogP contribution in [0, 0.1) is 5.92 Å². The van der Waals surface area contributed by atoms with Gasteiger partial charge in [-0.25, -0.2) is 0 Å². The molecule has 0 amide bonds. The van der Waals surface area contributed by atoms with Crippen LogP contribution in [0.25, 0.3) is 0 Å². The summed E-state index contributed by atoms with van der Waals surface area (Å²) in [6.07, 6.45) is 1.09. The van der Waals surface area contributed by atoms with E-state index in [0.717, 1.165) is 18.8 Å². The molecule has 0 aliphatic rings. The van der Waals surface area contributed by atoms with Crippen LogP contribution in [-0.4, -0.2) is 43.7 Å². The first-order chi connectivity index (χ1) is 8.92. The second-order valence-electron chi connectivity index (χ2n) is 5.53. The highest BCUT2D eigenvalue weighted by Crippen LogP contribution is 2.21. The topological polar surface area (TPSA) is 63.4 Å². The van der Waals surface area contributed by atoms with Crippen LogP contribution >= 0.6 is 0 Å². The van der Waals surface area contributed by atoms with Gasteiger partial charge < -0.3 is 20.7 Å². The van der Waals surface area contributed by atoms with Crippen molar-refractivity contribution in [1.82, 2.24) is 9.88 Å². The Balaban J connectivity index is 2.77. The summed E-state index contributed by atoms with van der Waals surface area (Å²) in [5.74, 6) is 1.91. The van der Waals surface area contributed by atoms with E-state index in [9.17, 15) is 0 Å². The fraction of sp³-hybridized carbons (Fsp3) is 0.643. The number of pyridine rings is 1. The SMILES string of the molecule is COc1nc(NC(CC(C)C)CN(C)C)ccc1N. The number of ether oxygens (including phenoxy) is 1. The average Bonchev–Trinajstić information content (AvgIpc) is 2.29. The number of nitrogens with two attached hydrogens (primary N) is 1. The molecule has 1 aromatic rings. The van der Waals surface area contributed by atoms with Crippen LogP contribution in [0.2, 0.25) is 0 Å². The standard InChI is InChI=1S/C14H26N4O/c1-10(2)8-11(9-18(3)4)16-13-7-6-12(15)14(17-13)19-5/h6-7,10-11H,8-9,15H2,1-5H3,(H,16,17). The van der Waals surface area contributed by atoms with Crippen LogP contribution in [0.5, 0.6) is 5.88 Å². The molecule has 0 fully saturated rings. The van der Waals surface area contributed by atoms with E-state index >= 15 is 0 Å². The first kappa shape index (κ1) is 15.6. The molecule has 5 nitrogen and oxygen atoms in total. The third kappa shape index (κ3) is 5.34. The molecule has 5 heteroatoms. The largest absolute Gasteiger partial charge is 0.479 e. The number of hydrogen-bond donors (Lipinski definition) is 2. The number of rotatable bonds is 7. The van der Waals surface area contributed by atoms with E-state index in [1.807, 2.05) is 12.1 Å². The summed E-state index contributed by atoms with van der Waals surface area (Å²) in [4.78, 5) is 6.54. The maximum Gasteiger partial charge on any atom is 0.238 e. The van der Waals surface area contributed by atoms with Crippen molar-refractivity contribution in [1.29, 1.82) is 0 Å². The van der Waals surface area contributed by atoms with Crippen molar-refractivity contribution < 1.29 is 4.74 Å². The Kier molecular flexibility index (Phi) is 5.89. The Bertz CT molecular complexity index is 383. The van der Waals surface area contributed by atoms with Gasteiger partial charge in [-0.2, -0.15) is 4.98 Å². The van der Waals surface area contributed by atoms with Crippen molar-refractivity contribution >= 4 is 11.5 Å². The van der Waals surface area contributed by atoms with Crippen LogP contribution in [0.4, 0.5) is 11.5 Å². The summed E-state index contributed by atoms with van der Waals surface area (Å²) in [5, 5.41) is 3.46. The molecule has 1 rings (SSSR count). The molecule has 0 spiro atoms. The van der Waals surface area contributed by atoms with Gasteiger partial charge in [0.1, 0.15) is 5.82 Å². The zero-order valence-corrected chi connectivity index (χ0v) is 12.6. The van der Waals surface area contributed by atoms with Crippen molar-refractivity contribution in [2.45, 2.75) is 26.3 Å². The smallest absolute Gasteiger partial charge is 0.238 e. The molecule has 0 aliphatic carbocycles. The zero-order chi connectivity index (χ0) is 14.4. The van der Waals surface area contributed by atoms with E-state index in [4.69, 9.17) is 10.5 Å². The van der Waals surface area contributed by atoms with E-state index in [-0.39, 0.29) is 0 Å². The molecule has 0 saturated carbocycles. The van der Waals surface area contributed by atoms with Crippen LogP contribution in [0.15, 0.2) is 12.1 Å². The second kappa shape index (κ2) is 7.19. The minimum absolute atomic E-state index is 0.357. The van der Waals surface area contributed by atoms with Crippen molar-refractivity contribution in [3.63, 3.8) is 0 Å². The van der Waals surface area contributed by atoms with Crippen LogP contribution in [0.3, 0.4) is 0 Å². The summed E-state index contributed by atoms with van der Waals surface area (Å²) in [7, 11) is 5.73. The van der Waals surface area contributed by atoms with Crippen LogP contribution < -0.4 is 15.8 Å². The fourth-order valence-corrected chi connectivity index (χ4v) is 2.09. The predicted octanol–water partition coefficient (Wildman–Crippen LogP) is 2.06. The summed E-state index contributed by atoms with van der Waals surface area (Å²) in [6, 6.07) is 4.06. The predicted molar refractivity (Wildman–Crippen MR) is 80.6 cm³/mol. The Morgan fingerprint density at radius 3 is 2.58 bits per heavy atom. The molecule has 3 N–H and O–H groups in total. The molecule has 1 atom stereocenters. The lowest BCUT2D eigenvalue weighted by Crippen LogP contribution is -2.33. The first-order valence-electron chi connectivity index (χ1n) is 6.64. The molecule has 0 aliphatic heterocycles. The molecule has 0 radical (unpaired) electrons. The number of aromatic nitrogens is 1. The first-order valence-corrected chi connectivity index (χ1v) is 6.64. The van der Waals surface area contributed by atoms with Gasteiger partial charge in [-0.15, -0.1) is 0 Å². The Labute approximate surface area is 116 Å². The fourth-order valence-electron chi connectivity index (χ4n) is 2.09. The van der Waals surface area contributed by atoms with Gasteiger partial charge in [0.05, 0.1) is 12.8 Å². The molecule has 0 saturated heterocycles. The number of nitrogens with zero attached hydrogens (tertiary/aromatic N) is 2. The van der Waals surface area contributed by atoms with E-state index < -0.39 is 0 Å². The molecule has 19 heavy (non-hydrogen) atoms. The lowest BCUT2D eigenvalue weighted by molar-refractivity contribution is 0.355. The average molecular weight is 266 g/mol. The molecule has 1 aromatic heterocycles. The lowest BCUT2D eigenvalue weighted by atomic mass is 10.0. The van der Waals surface area contributed by atoms with Gasteiger partial charge in [-0.1, -0.05) is 13.8 Å². The number of likely N-dealkylation sites (N-methyl/N-ethyl adjacent to an activating group) is 1. The summed E-state index contributed by atoms with van der Waals surface area (Å²) < 4.78 is 5.14. The van der Waals surface area contributed by atoms with Crippen LogP contribution in [0.1, 0.15) is 20.3 Å². The maximum absolute atomic E-state index is 5.77. The van der Waals surface area contributed by atoms with E-state index in [1.165, 1.54) is 0 Å². The van der Waals surface area contributed by atoms with E-state index in [0.29, 0.717) is 23.5 Å². The third-order valence-electron chi connectivity index (χ3n) is 2.78. The normalized spacial score (nSPS) is 12.8. The van der Waals surface area contributed by atoms with Crippen molar-refractivity contribution in [3.05, 3.63) is 12.1 Å². The lowest BCUT2D eigenvalue weighted by Gasteiger charge is -2.24. The quantitative estimate of drug-likeness (QED) is 0.791. The van der Waals surface area contributed by atoms with Gasteiger partial charge in [0, 0.05) is 12.6 Å². The molecule has 1 unspecified atom stereocenters. The zero-order valence-electron chi connectivity index (χ0n) is 12.6. The van der Waals surface area contributed by atoms with Gasteiger partial charge in [0.15, 0.2) is 0 Å². The Morgan fingerprint density at radius 1 is 1.37 bits per heavy atom. The highest BCUT2D eigenvalue weighted by atomic mass is 16.5. The van der Waals surface area contributed by atoms with Gasteiger partial charge in [-0.05, 0) is 38.6 Å². The summed E-state index contributed by atoms with van der Waals surface area (Å²) >= 11 is 0. The number of nitrogens with one attached hydrogen (secondary N) is 1. The molecular weight excluding hydrogens is 240 g/mol. The third-order valence-corrected chi connectivity index (χ3v) is 2.78. The van der Waals surface area contributed by atoms with Gasteiger partial charge in [-0.3, -0.25) is 0 Å². The Hall–Kier alpha value is -1.49. The molecular formula is C14H26N4O. The minimum Gasteiger partial charge on any atom is -0.479 e. The van der Waals surface area contributed by atoms with Gasteiger partial charge in [0.2, 0.25) is 5.88 Å². The monoisotopic (exact) mass is 266 g/mol. The van der Waals surface area contributed by atoms with Crippen LogP contribution in [-0.2, 0) is 0 Å². The second-order valence-corrected chi connectivity index (χ2v) is 5.53. The molecule has 1 heterocycles. The van der Waals surface area contributed by atoms with E-state index in [2.05, 4.69) is 43.1 Å².